The van der Waals surface area contributed by atoms with Crippen LogP contribution in [-0.4, -0.2) is 73.7 Å². The van der Waals surface area contributed by atoms with Gasteiger partial charge in [0.25, 0.3) is 0 Å². The number of likely N-dealkylation sites (N-methyl/N-ethyl adjacent to an activating group) is 1. The summed E-state index contributed by atoms with van der Waals surface area (Å²) in [7, 11) is 1.58. The molecule has 6 rings (SSSR count). The fraction of sp³-hybridized carbons (Fsp3) is 0.440. The molecule has 1 aliphatic carbocycles. The van der Waals surface area contributed by atoms with Crippen molar-refractivity contribution in [2.75, 3.05) is 25.5 Å². The lowest BCUT2D eigenvalue weighted by Gasteiger charge is -2.20. The maximum Gasteiger partial charge on any atom is 0.412 e. The standard InChI is InChI=1S/C25H26F3N9O/c1-3-36-12-18(25(26,27)28)34-23(36)17-7-4-14(8-29-17)11-37-22-16(10-33-37)9-30-21(35-22)19-20(15-5-6-15)31-13-32-24(19)38-2/h4,7-8,10,13,15,18H,3,5-6,9,11-12H2,1-2H3,(H,30,35). The summed E-state index contributed by atoms with van der Waals surface area (Å²) < 4.78 is 47.0. The van der Waals surface area contributed by atoms with Crippen LogP contribution in [0.1, 0.15) is 53.8 Å². The molecule has 0 aromatic carbocycles. The first-order chi connectivity index (χ1) is 18.4. The van der Waals surface area contributed by atoms with Crippen LogP contribution in [0.3, 0.4) is 0 Å². The molecule has 5 heterocycles. The van der Waals surface area contributed by atoms with Gasteiger partial charge in [-0.2, -0.15) is 18.3 Å². The van der Waals surface area contributed by atoms with Gasteiger partial charge in [-0.1, -0.05) is 6.07 Å². The van der Waals surface area contributed by atoms with E-state index < -0.39 is 12.2 Å². The predicted octanol–water partition coefficient (Wildman–Crippen LogP) is 3.39. The molecule has 2 aliphatic heterocycles. The van der Waals surface area contributed by atoms with Gasteiger partial charge in [0.2, 0.25) is 5.88 Å². The van der Waals surface area contributed by atoms with E-state index in [-0.39, 0.29) is 12.4 Å². The molecule has 0 bridgehead atoms. The maximum atomic E-state index is 13.2. The molecule has 0 amide bonds. The lowest BCUT2D eigenvalue weighted by atomic mass is 10.1. The molecule has 198 valence electrons. The second kappa shape index (κ2) is 9.37. The van der Waals surface area contributed by atoms with Crippen molar-refractivity contribution in [1.29, 1.82) is 0 Å². The van der Waals surface area contributed by atoms with Gasteiger partial charge in [0, 0.05) is 24.2 Å². The molecule has 3 aromatic rings. The van der Waals surface area contributed by atoms with Crippen molar-refractivity contribution >= 4 is 17.5 Å². The molecule has 3 aromatic heterocycles. The fourth-order valence-electron chi connectivity index (χ4n) is 4.76. The van der Waals surface area contributed by atoms with Crippen LogP contribution in [0.4, 0.5) is 19.0 Å². The van der Waals surface area contributed by atoms with E-state index in [1.165, 1.54) is 6.33 Å². The van der Waals surface area contributed by atoms with Crippen LogP contribution in [0.25, 0.3) is 0 Å². The van der Waals surface area contributed by atoms with E-state index in [9.17, 15) is 13.2 Å². The summed E-state index contributed by atoms with van der Waals surface area (Å²) in [6, 6.07) is 1.82. The summed E-state index contributed by atoms with van der Waals surface area (Å²) in [5.74, 6) is 2.57. The molecule has 1 unspecified atom stereocenters. The zero-order chi connectivity index (χ0) is 26.4. The zero-order valence-electron chi connectivity index (χ0n) is 20.9. The van der Waals surface area contributed by atoms with Gasteiger partial charge in [0.15, 0.2) is 11.9 Å². The lowest BCUT2D eigenvalue weighted by molar-refractivity contribution is -0.145. The highest BCUT2D eigenvalue weighted by Gasteiger charge is 2.45. The van der Waals surface area contributed by atoms with Gasteiger partial charge in [0.1, 0.15) is 29.2 Å². The van der Waals surface area contributed by atoms with E-state index in [2.05, 4.69) is 30.4 Å². The summed E-state index contributed by atoms with van der Waals surface area (Å²) in [4.78, 5) is 23.5. The van der Waals surface area contributed by atoms with Gasteiger partial charge in [-0.3, -0.25) is 15.0 Å². The van der Waals surface area contributed by atoms with E-state index in [1.54, 1.807) is 37.4 Å². The zero-order valence-corrected chi connectivity index (χ0v) is 20.9. The normalized spacial score (nSPS) is 19.1. The van der Waals surface area contributed by atoms with Crippen LogP contribution >= 0.6 is 0 Å². The first-order valence-electron chi connectivity index (χ1n) is 12.5. The molecular formula is C25H26F3N9O. The van der Waals surface area contributed by atoms with Gasteiger partial charge in [-0.05, 0) is 31.4 Å². The Bertz CT molecular complexity index is 1410. The van der Waals surface area contributed by atoms with E-state index in [1.807, 2.05) is 10.7 Å². The number of aromatic nitrogens is 5. The number of amidine groups is 2. The molecule has 3 aliphatic rings. The summed E-state index contributed by atoms with van der Waals surface area (Å²) in [6.45, 7) is 2.90. The van der Waals surface area contributed by atoms with Gasteiger partial charge < -0.3 is 15.0 Å². The second-order valence-electron chi connectivity index (χ2n) is 9.48. The SMILES string of the molecule is CCN1CC(C(F)(F)F)N=C1c1ccc(Cn2ncc3c2NC(c2c(OC)ncnc2C2CC2)=NC3)cn1. The number of hydrogen-bond acceptors (Lipinski definition) is 9. The van der Waals surface area contributed by atoms with Crippen molar-refractivity contribution in [3.63, 3.8) is 0 Å². The van der Waals surface area contributed by atoms with Crippen molar-refractivity contribution in [2.24, 2.45) is 9.98 Å². The molecule has 13 heteroatoms. The molecular weight excluding hydrogens is 499 g/mol. The molecule has 38 heavy (non-hydrogen) atoms. The summed E-state index contributed by atoms with van der Waals surface area (Å²) in [5, 5.41) is 7.94. The van der Waals surface area contributed by atoms with E-state index in [0.717, 1.165) is 41.0 Å². The first-order valence-corrected chi connectivity index (χ1v) is 12.5. The van der Waals surface area contributed by atoms with E-state index >= 15 is 0 Å². The Morgan fingerprint density at radius 2 is 1.97 bits per heavy atom. The summed E-state index contributed by atoms with van der Waals surface area (Å²) in [6.07, 6.45) is 2.72. The maximum absolute atomic E-state index is 13.2. The van der Waals surface area contributed by atoms with Crippen molar-refractivity contribution in [1.82, 2.24) is 29.6 Å². The molecule has 1 fully saturated rings. The van der Waals surface area contributed by atoms with Crippen LogP contribution in [0.5, 0.6) is 5.88 Å². The highest BCUT2D eigenvalue weighted by atomic mass is 19.4. The molecule has 1 N–H and O–H groups in total. The predicted molar refractivity (Wildman–Crippen MR) is 134 cm³/mol. The van der Waals surface area contributed by atoms with Crippen molar-refractivity contribution in [3.8, 4) is 5.88 Å². The number of methoxy groups -OCH3 is 1. The monoisotopic (exact) mass is 525 g/mol. The van der Waals surface area contributed by atoms with Crippen LogP contribution in [-0.2, 0) is 13.1 Å². The molecule has 1 atom stereocenters. The number of ether oxygens (including phenoxy) is 1. The third-order valence-electron chi connectivity index (χ3n) is 6.91. The number of hydrogen-bond donors (Lipinski definition) is 1. The summed E-state index contributed by atoms with van der Waals surface area (Å²) in [5.41, 5.74) is 3.91. The number of nitrogens with one attached hydrogen (secondary N) is 1. The Hall–Kier alpha value is -4.03. The van der Waals surface area contributed by atoms with Gasteiger partial charge in [-0.25, -0.2) is 14.6 Å². The molecule has 10 nitrogen and oxygen atoms in total. The average Bonchev–Trinajstić information content (AvgIpc) is 3.55. The Morgan fingerprint density at radius 3 is 2.66 bits per heavy atom. The minimum absolute atomic E-state index is 0.187. The molecule has 0 spiro atoms. The number of fused-ring (bicyclic) bond motifs is 1. The average molecular weight is 526 g/mol. The van der Waals surface area contributed by atoms with Crippen molar-refractivity contribution < 1.29 is 17.9 Å². The number of aliphatic imine (C=N–C) groups is 2. The highest BCUT2D eigenvalue weighted by molar-refractivity contribution is 6.11. The molecule has 1 saturated carbocycles. The Kier molecular flexibility index (Phi) is 6.00. The smallest absolute Gasteiger partial charge is 0.412 e. The number of anilines is 1. The van der Waals surface area contributed by atoms with E-state index in [0.29, 0.717) is 43.0 Å². The number of alkyl halides is 3. The van der Waals surface area contributed by atoms with Gasteiger partial charge in [0.05, 0.1) is 38.6 Å². The quantitative estimate of drug-likeness (QED) is 0.504. The Labute approximate surface area is 216 Å². The van der Waals surface area contributed by atoms with Crippen molar-refractivity contribution in [3.05, 3.63) is 58.9 Å². The van der Waals surface area contributed by atoms with Gasteiger partial charge >= 0.3 is 6.18 Å². The van der Waals surface area contributed by atoms with Crippen molar-refractivity contribution in [2.45, 2.75) is 51.0 Å². The largest absolute Gasteiger partial charge is 0.480 e. The second-order valence-corrected chi connectivity index (χ2v) is 9.48. The van der Waals surface area contributed by atoms with Gasteiger partial charge in [-0.15, -0.1) is 0 Å². The minimum atomic E-state index is -4.38. The third-order valence-corrected chi connectivity index (χ3v) is 6.91. The number of nitrogens with zero attached hydrogens (tertiary/aromatic N) is 8. The summed E-state index contributed by atoms with van der Waals surface area (Å²) >= 11 is 0. The molecule has 0 radical (unpaired) electrons. The first kappa shape index (κ1) is 24.3. The van der Waals surface area contributed by atoms with Crippen LogP contribution < -0.4 is 10.1 Å². The van der Waals surface area contributed by atoms with Crippen LogP contribution in [0.2, 0.25) is 0 Å². The topological polar surface area (TPSA) is 106 Å². The minimum Gasteiger partial charge on any atom is -0.480 e. The fourth-order valence-corrected chi connectivity index (χ4v) is 4.76. The van der Waals surface area contributed by atoms with E-state index in [4.69, 9.17) is 9.73 Å². The Morgan fingerprint density at radius 1 is 1.13 bits per heavy atom. The molecule has 0 saturated heterocycles. The van der Waals surface area contributed by atoms with Crippen LogP contribution in [0, 0.1) is 0 Å². The third kappa shape index (κ3) is 4.45. The highest BCUT2D eigenvalue weighted by Crippen LogP contribution is 2.42. The number of rotatable bonds is 7. The Balaban J connectivity index is 1.22. The lowest BCUT2D eigenvalue weighted by Crippen LogP contribution is -2.35. The number of halogens is 3. The van der Waals surface area contributed by atoms with Crippen LogP contribution in [0.15, 0.2) is 40.8 Å². The number of pyridine rings is 1.